The molecule has 8 heteroatoms. The van der Waals surface area contributed by atoms with Crippen LogP contribution in [0.3, 0.4) is 0 Å². The van der Waals surface area contributed by atoms with E-state index in [0.29, 0.717) is 6.54 Å². The number of alkyl halides is 3. The van der Waals surface area contributed by atoms with Crippen molar-refractivity contribution in [3.8, 4) is 0 Å². The van der Waals surface area contributed by atoms with Crippen LogP contribution >= 0.6 is 15.9 Å². The molecule has 0 aliphatic heterocycles. The van der Waals surface area contributed by atoms with Crippen molar-refractivity contribution < 1.29 is 13.2 Å². The minimum absolute atomic E-state index is 0.0561. The molecule has 0 aliphatic rings. The Labute approximate surface area is 127 Å². The number of nitrogens with two attached hydrogens (primary N) is 1. The Kier molecular flexibility index (Phi) is 4.69. The Morgan fingerprint density at radius 3 is 2.43 bits per heavy atom. The molecule has 4 nitrogen and oxygen atoms in total. The van der Waals surface area contributed by atoms with E-state index in [4.69, 9.17) is 5.84 Å². The summed E-state index contributed by atoms with van der Waals surface area (Å²) in [5, 5.41) is 2.85. The van der Waals surface area contributed by atoms with E-state index in [-0.39, 0.29) is 11.6 Å². The topological polar surface area (TPSA) is 63.0 Å². The minimum Gasteiger partial charge on any atom is -0.366 e. The van der Waals surface area contributed by atoms with E-state index in [9.17, 15) is 13.2 Å². The Balaban J connectivity index is 2.22. The maximum Gasteiger partial charge on any atom is 0.416 e. The number of nitrogens with zero attached hydrogens (tertiary/aromatic N) is 1. The first kappa shape index (κ1) is 15.6. The maximum absolute atomic E-state index is 12.8. The monoisotopic (exact) mass is 360 g/mol. The van der Waals surface area contributed by atoms with Gasteiger partial charge in [-0.1, -0.05) is 34.1 Å². The van der Waals surface area contributed by atoms with Crippen molar-refractivity contribution in [2.45, 2.75) is 12.7 Å². The van der Waals surface area contributed by atoms with Crippen LogP contribution < -0.4 is 16.6 Å². The lowest BCUT2D eigenvalue weighted by Crippen LogP contribution is -2.14. The van der Waals surface area contributed by atoms with Crippen LogP contribution in [0.1, 0.15) is 11.1 Å². The van der Waals surface area contributed by atoms with E-state index in [1.165, 1.54) is 0 Å². The Morgan fingerprint density at radius 1 is 1.14 bits per heavy atom. The molecule has 1 aromatic carbocycles. The molecule has 4 N–H and O–H groups in total. The summed E-state index contributed by atoms with van der Waals surface area (Å²) in [6, 6.07) is 9.19. The number of anilines is 2. The third kappa shape index (κ3) is 4.08. The number of hydrogen-bond donors (Lipinski definition) is 3. The van der Waals surface area contributed by atoms with Crippen LogP contribution in [0.5, 0.6) is 0 Å². The van der Waals surface area contributed by atoms with Crippen LogP contribution in [0.15, 0.2) is 40.9 Å². The molecule has 2 aromatic rings. The highest BCUT2D eigenvalue weighted by Crippen LogP contribution is 2.32. The maximum atomic E-state index is 12.8. The molecular formula is C13H12BrF3N4. The summed E-state index contributed by atoms with van der Waals surface area (Å²) in [7, 11) is 0. The van der Waals surface area contributed by atoms with Crippen molar-refractivity contribution >= 4 is 27.6 Å². The fraction of sp³-hybridized carbons (Fsp3) is 0.154. The highest BCUT2D eigenvalue weighted by molar-refractivity contribution is 9.10. The van der Waals surface area contributed by atoms with Gasteiger partial charge in [0.05, 0.1) is 5.56 Å². The standard InChI is InChI=1S/C13H12BrF3N4/c14-10-4-2-1-3-8(10)7-19-11-5-9(13(15,16)17)6-12(20-11)21-18/h1-6H,7,18H2,(H2,19,20,21). The number of nitrogen functional groups attached to an aromatic ring is 1. The molecule has 0 atom stereocenters. The largest absolute Gasteiger partial charge is 0.416 e. The van der Waals surface area contributed by atoms with Crippen LogP contribution in [-0.4, -0.2) is 4.98 Å². The molecule has 0 saturated heterocycles. The quantitative estimate of drug-likeness (QED) is 0.573. The van der Waals surface area contributed by atoms with E-state index in [1.54, 1.807) is 0 Å². The summed E-state index contributed by atoms with van der Waals surface area (Å²) in [5.41, 5.74) is 2.21. The lowest BCUT2D eigenvalue weighted by Gasteiger charge is -2.13. The van der Waals surface area contributed by atoms with Crippen LogP contribution in [0.2, 0.25) is 0 Å². The minimum atomic E-state index is -4.46. The SMILES string of the molecule is NNc1cc(C(F)(F)F)cc(NCc2ccccc2Br)n1. The fourth-order valence-electron chi connectivity index (χ4n) is 1.69. The molecule has 1 aromatic heterocycles. The van der Waals surface area contributed by atoms with Crippen LogP contribution in [0, 0.1) is 0 Å². The molecule has 0 unspecified atom stereocenters. The molecule has 0 saturated carbocycles. The average molecular weight is 361 g/mol. The van der Waals surface area contributed by atoms with Gasteiger partial charge >= 0.3 is 6.18 Å². The van der Waals surface area contributed by atoms with Gasteiger partial charge in [-0.15, -0.1) is 0 Å². The second-order valence-electron chi connectivity index (χ2n) is 4.21. The Bertz CT molecular complexity index is 631. The molecule has 21 heavy (non-hydrogen) atoms. The number of rotatable bonds is 4. The first-order chi connectivity index (χ1) is 9.90. The zero-order valence-corrected chi connectivity index (χ0v) is 12.3. The number of aromatic nitrogens is 1. The summed E-state index contributed by atoms with van der Waals surface area (Å²) in [6.45, 7) is 0.333. The number of pyridine rings is 1. The van der Waals surface area contributed by atoms with Crippen LogP contribution in [0.25, 0.3) is 0 Å². The summed E-state index contributed by atoms with van der Waals surface area (Å²) in [4.78, 5) is 3.95. The second kappa shape index (κ2) is 6.31. The first-order valence-corrected chi connectivity index (χ1v) is 6.72. The Morgan fingerprint density at radius 2 is 1.81 bits per heavy atom. The summed E-state index contributed by atoms with van der Waals surface area (Å²) < 4.78 is 39.2. The van der Waals surface area contributed by atoms with Gasteiger partial charge in [-0.3, -0.25) is 0 Å². The van der Waals surface area contributed by atoms with Gasteiger partial charge in [-0.2, -0.15) is 13.2 Å². The van der Waals surface area contributed by atoms with Crippen molar-refractivity contribution in [3.05, 3.63) is 52.0 Å². The number of nitrogens with one attached hydrogen (secondary N) is 2. The van der Waals surface area contributed by atoms with Crippen LogP contribution in [0.4, 0.5) is 24.8 Å². The smallest absolute Gasteiger partial charge is 0.366 e. The molecule has 0 aliphatic carbocycles. The van der Waals surface area contributed by atoms with Crippen molar-refractivity contribution in [2.75, 3.05) is 10.7 Å². The molecule has 0 spiro atoms. The summed E-state index contributed by atoms with van der Waals surface area (Å²) >= 11 is 3.37. The normalized spacial score (nSPS) is 11.3. The number of halogens is 4. The highest BCUT2D eigenvalue weighted by atomic mass is 79.9. The summed E-state index contributed by atoms with van der Waals surface area (Å²) in [5.74, 6) is 5.18. The van der Waals surface area contributed by atoms with E-state index >= 15 is 0 Å². The van der Waals surface area contributed by atoms with Gasteiger partial charge in [0, 0.05) is 11.0 Å². The van der Waals surface area contributed by atoms with E-state index < -0.39 is 11.7 Å². The third-order valence-electron chi connectivity index (χ3n) is 2.72. The number of benzene rings is 1. The molecule has 0 bridgehead atoms. The van der Waals surface area contributed by atoms with Crippen molar-refractivity contribution in [1.82, 2.24) is 4.98 Å². The molecule has 112 valence electrons. The van der Waals surface area contributed by atoms with Gasteiger partial charge in [0.2, 0.25) is 0 Å². The molecule has 0 fully saturated rings. The van der Waals surface area contributed by atoms with E-state index in [0.717, 1.165) is 22.2 Å². The molecule has 2 rings (SSSR count). The van der Waals surface area contributed by atoms with Gasteiger partial charge in [-0.05, 0) is 23.8 Å². The zero-order valence-electron chi connectivity index (χ0n) is 10.7. The van der Waals surface area contributed by atoms with Crippen molar-refractivity contribution in [2.24, 2.45) is 5.84 Å². The van der Waals surface area contributed by atoms with Crippen molar-refractivity contribution in [1.29, 1.82) is 0 Å². The number of hydrogen-bond acceptors (Lipinski definition) is 4. The predicted octanol–water partition coefficient (Wildman–Crippen LogP) is 3.76. The van der Waals surface area contributed by atoms with Gasteiger partial charge in [-0.25, -0.2) is 10.8 Å². The predicted molar refractivity (Wildman–Crippen MR) is 78.5 cm³/mol. The van der Waals surface area contributed by atoms with Gasteiger partial charge < -0.3 is 10.7 Å². The highest BCUT2D eigenvalue weighted by Gasteiger charge is 2.31. The van der Waals surface area contributed by atoms with Gasteiger partial charge in [0.25, 0.3) is 0 Å². The van der Waals surface area contributed by atoms with E-state index in [1.807, 2.05) is 24.3 Å². The van der Waals surface area contributed by atoms with Crippen molar-refractivity contribution in [3.63, 3.8) is 0 Å². The van der Waals surface area contributed by atoms with Gasteiger partial charge in [0.15, 0.2) is 0 Å². The van der Waals surface area contributed by atoms with Gasteiger partial charge in [0.1, 0.15) is 11.6 Å². The van der Waals surface area contributed by atoms with Crippen LogP contribution in [-0.2, 0) is 12.7 Å². The molecule has 0 radical (unpaired) electrons. The lowest BCUT2D eigenvalue weighted by atomic mass is 10.2. The third-order valence-corrected chi connectivity index (χ3v) is 3.49. The number of hydrazine groups is 1. The molecule has 0 amide bonds. The second-order valence-corrected chi connectivity index (χ2v) is 5.07. The average Bonchev–Trinajstić information content (AvgIpc) is 2.45. The Hall–Kier alpha value is -1.80. The molecule has 1 heterocycles. The van der Waals surface area contributed by atoms with E-state index in [2.05, 4.69) is 31.7 Å². The lowest BCUT2D eigenvalue weighted by molar-refractivity contribution is -0.137. The summed E-state index contributed by atoms with van der Waals surface area (Å²) in [6.07, 6.45) is -4.46. The zero-order chi connectivity index (χ0) is 15.5. The fourth-order valence-corrected chi connectivity index (χ4v) is 2.11. The first-order valence-electron chi connectivity index (χ1n) is 5.93. The molecular weight excluding hydrogens is 349 g/mol.